The van der Waals surface area contributed by atoms with E-state index in [1.54, 1.807) is 0 Å². The van der Waals surface area contributed by atoms with Gasteiger partial charge >= 0.3 is 41.7 Å². The molecule has 0 aromatic heterocycles. The van der Waals surface area contributed by atoms with Crippen LogP contribution in [0.2, 0.25) is 0 Å². The normalized spacial score (nSPS) is 14.5. The predicted octanol–water partition coefficient (Wildman–Crippen LogP) is 6.97. The van der Waals surface area contributed by atoms with E-state index in [0.717, 1.165) is 5.32 Å². The van der Waals surface area contributed by atoms with Crippen LogP contribution in [-0.2, 0) is 4.79 Å². The third-order valence-corrected chi connectivity index (χ3v) is 4.65. The van der Waals surface area contributed by atoms with Gasteiger partial charge < -0.3 is 5.32 Å². The molecule has 1 N–H and O–H groups in total. The fourth-order valence-corrected chi connectivity index (χ4v) is 2.64. The van der Waals surface area contributed by atoms with E-state index in [9.17, 15) is 70.7 Å². The molecule has 1 aromatic carbocycles. The van der Waals surface area contributed by atoms with Gasteiger partial charge in [-0.15, -0.1) is 0 Å². The molecule has 1 amide bonds. The molecule has 0 aliphatic carbocycles. The summed E-state index contributed by atoms with van der Waals surface area (Å²) in [5.74, 6) is -48.8. The Labute approximate surface area is 192 Å². The SMILES string of the molecule is CC(C)=C(C(=O)NCC(F)(F)C(F)(F)C(F)(F)C(F)(F)C(F)(F)C(F)(F)C(F)(F)F)c1ccccc1. The Kier molecular flexibility index (Phi) is 8.16. The lowest BCUT2D eigenvalue weighted by atomic mass is 9.91. The van der Waals surface area contributed by atoms with Crippen LogP contribution in [-0.4, -0.2) is 54.2 Å². The van der Waals surface area contributed by atoms with Gasteiger partial charge in [0.15, 0.2) is 0 Å². The van der Waals surface area contributed by atoms with E-state index in [2.05, 4.69) is 0 Å². The summed E-state index contributed by atoms with van der Waals surface area (Å²) in [5, 5.41) is 1.01. The summed E-state index contributed by atoms with van der Waals surface area (Å²) in [7, 11) is 0. The van der Waals surface area contributed by atoms with Crippen LogP contribution in [0.1, 0.15) is 19.4 Å². The molecule has 0 heterocycles. The third-order valence-electron chi connectivity index (χ3n) is 4.65. The van der Waals surface area contributed by atoms with Gasteiger partial charge in [-0.3, -0.25) is 4.79 Å². The Hall–Kier alpha value is -2.62. The van der Waals surface area contributed by atoms with Gasteiger partial charge in [0.05, 0.1) is 6.54 Å². The van der Waals surface area contributed by atoms with Crippen molar-refractivity contribution in [3.05, 3.63) is 41.5 Å². The molecule has 206 valence electrons. The van der Waals surface area contributed by atoms with Gasteiger partial charge in [-0.25, -0.2) is 0 Å². The Bertz CT molecular complexity index is 976. The first kappa shape index (κ1) is 31.4. The number of halogens is 15. The van der Waals surface area contributed by atoms with Crippen LogP contribution in [0.3, 0.4) is 0 Å². The molecule has 17 heteroatoms. The number of alkyl halides is 15. The van der Waals surface area contributed by atoms with E-state index in [1.165, 1.54) is 44.2 Å². The van der Waals surface area contributed by atoms with Crippen molar-refractivity contribution in [1.29, 1.82) is 0 Å². The first-order chi connectivity index (χ1) is 15.8. The second kappa shape index (κ2) is 9.36. The van der Waals surface area contributed by atoms with Gasteiger partial charge in [0.25, 0.3) is 5.91 Å². The lowest BCUT2D eigenvalue weighted by molar-refractivity contribution is -0.451. The van der Waals surface area contributed by atoms with Crippen LogP contribution < -0.4 is 5.32 Å². The maximum absolute atomic E-state index is 13.9. The number of amides is 1. The standard InChI is InChI=1S/C19H14F15NO/c1-9(2)11(10-6-4-3-5-7-10)12(36)35-8-13(20,21)14(22,23)15(24,25)16(26,27)17(28,29)18(30,31)19(32,33)34/h3-7H,8H2,1-2H3,(H,35,36). The van der Waals surface area contributed by atoms with Gasteiger partial charge in [-0.2, -0.15) is 65.9 Å². The van der Waals surface area contributed by atoms with Gasteiger partial charge in [-0.1, -0.05) is 35.9 Å². The van der Waals surface area contributed by atoms with Crippen molar-refractivity contribution in [2.24, 2.45) is 0 Å². The number of nitrogens with one attached hydrogen (secondary N) is 1. The highest BCUT2D eigenvalue weighted by Gasteiger charge is 2.93. The van der Waals surface area contributed by atoms with Crippen molar-refractivity contribution in [2.45, 2.75) is 55.6 Å². The minimum absolute atomic E-state index is 0.0176. The fourth-order valence-electron chi connectivity index (χ4n) is 2.64. The minimum atomic E-state index is -8.37. The minimum Gasteiger partial charge on any atom is -0.346 e. The van der Waals surface area contributed by atoms with Crippen molar-refractivity contribution in [3.63, 3.8) is 0 Å². The number of hydrogen-bond acceptors (Lipinski definition) is 1. The largest absolute Gasteiger partial charge is 0.460 e. The Morgan fingerprint density at radius 3 is 1.42 bits per heavy atom. The Morgan fingerprint density at radius 2 is 1.03 bits per heavy atom. The summed E-state index contributed by atoms with van der Waals surface area (Å²) in [6.07, 6.45) is -7.67. The van der Waals surface area contributed by atoms with Crippen LogP contribution in [0.4, 0.5) is 65.9 Å². The Morgan fingerprint density at radius 1 is 0.639 bits per heavy atom. The zero-order valence-electron chi connectivity index (χ0n) is 17.7. The highest BCUT2D eigenvalue weighted by atomic mass is 19.4. The first-order valence-electron chi connectivity index (χ1n) is 9.16. The van der Waals surface area contributed by atoms with Gasteiger partial charge in [0.1, 0.15) is 0 Å². The predicted molar refractivity (Wildman–Crippen MR) is 93.5 cm³/mol. The van der Waals surface area contributed by atoms with Gasteiger partial charge in [-0.05, 0) is 19.4 Å². The Balaban J connectivity index is 3.37. The molecule has 0 aliphatic rings. The lowest BCUT2D eigenvalue weighted by Crippen LogP contribution is -2.73. The molecule has 36 heavy (non-hydrogen) atoms. The molecule has 0 aliphatic heterocycles. The van der Waals surface area contributed by atoms with Crippen LogP contribution in [0.15, 0.2) is 35.9 Å². The summed E-state index contributed by atoms with van der Waals surface area (Å²) in [4.78, 5) is 12.2. The van der Waals surface area contributed by atoms with Crippen molar-refractivity contribution < 1.29 is 70.7 Å². The number of rotatable bonds is 9. The summed E-state index contributed by atoms with van der Waals surface area (Å²) in [6.45, 7) is -0.506. The highest BCUT2D eigenvalue weighted by Crippen LogP contribution is 2.62. The van der Waals surface area contributed by atoms with E-state index >= 15 is 0 Å². The highest BCUT2D eigenvalue weighted by molar-refractivity contribution is 6.20. The summed E-state index contributed by atoms with van der Waals surface area (Å²) in [6, 6.07) is 6.51. The monoisotopic (exact) mass is 557 g/mol. The van der Waals surface area contributed by atoms with E-state index in [1.807, 2.05) is 0 Å². The second-order valence-corrected chi connectivity index (χ2v) is 7.50. The molecule has 0 unspecified atom stereocenters. The molecule has 0 atom stereocenters. The van der Waals surface area contributed by atoms with Crippen molar-refractivity contribution >= 4 is 11.5 Å². The summed E-state index contributed by atoms with van der Waals surface area (Å²) < 4.78 is 198. The number of hydrogen-bond donors (Lipinski definition) is 1. The fraction of sp³-hybridized carbons (Fsp3) is 0.526. The zero-order valence-corrected chi connectivity index (χ0v) is 17.7. The van der Waals surface area contributed by atoms with Crippen LogP contribution in [0.25, 0.3) is 5.57 Å². The van der Waals surface area contributed by atoms with Crippen LogP contribution >= 0.6 is 0 Å². The quantitative estimate of drug-likeness (QED) is 0.258. The molecule has 0 spiro atoms. The summed E-state index contributed by atoms with van der Waals surface area (Å²) >= 11 is 0. The van der Waals surface area contributed by atoms with E-state index < -0.39 is 59.7 Å². The smallest absolute Gasteiger partial charge is 0.346 e. The van der Waals surface area contributed by atoms with E-state index in [-0.39, 0.29) is 11.1 Å². The van der Waals surface area contributed by atoms with Gasteiger partial charge in [0, 0.05) is 5.57 Å². The number of carbonyl (C=O) groups excluding carboxylic acids is 1. The van der Waals surface area contributed by atoms with E-state index in [0.29, 0.717) is 0 Å². The molecule has 0 saturated heterocycles. The number of benzene rings is 1. The second-order valence-electron chi connectivity index (χ2n) is 7.50. The van der Waals surface area contributed by atoms with E-state index in [4.69, 9.17) is 0 Å². The first-order valence-corrected chi connectivity index (χ1v) is 9.16. The third kappa shape index (κ3) is 4.84. The topological polar surface area (TPSA) is 29.1 Å². The maximum atomic E-state index is 13.9. The molecule has 2 nitrogen and oxygen atoms in total. The average Bonchev–Trinajstić information content (AvgIpc) is 2.71. The number of allylic oxidation sites excluding steroid dienone is 1. The molecule has 1 rings (SSSR count). The molecule has 1 aromatic rings. The van der Waals surface area contributed by atoms with Crippen molar-refractivity contribution in [2.75, 3.05) is 6.54 Å². The zero-order chi connectivity index (χ0) is 28.8. The van der Waals surface area contributed by atoms with Crippen molar-refractivity contribution in [3.8, 4) is 0 Å². The molecule has 0 fully saturated rings. The van der Waals surface area contributed by atoms with Crippen molar-refractivity contribution in [1.82, 2.24) is 5.32 Å². The van der Waals surface area contributed by atoms with Crippen LogP contribution in [0, 0.1) is 0 Å². The summed E-state index contributed by atoms with van der Waals surface area (Å²) in [5.41, 5.74) is -0.459. The number of carbonyl (C=O) groups is 1. The molecule has 0 saturated carbocycles. The maximum Gasteiger partial charge on any atom is 0.460 e. The molecular weight excluding hydrogens is 543 g/mol. The lowest BCUT2D eigenvalue weighted by Gasteiger charge is -2.41. The molecule has 0 radical (unpaired) electrons. The van der Waals surface area contributed by atoms with Gasteiger partial charge in [0.2, 0.25) is 0 Å². The molecular formula is C19H14F15NO. The van der Waals surface area contributed by atoms with Crippen LogP contribution in [0.5, 0.6) is 0 Å². The average molecular weight is 557 g/mol. The molecule has 0 bridgehead atoms.